The fraction of sp³-hybridized carbons (Fsp3) is 0.533. The molecule has 1 amide bonds. The molecule has 0 spiro atoms. The first-order chi connectivity index (χ1) is 10.5. The molecule has 1 saturated carbocycles. The molecule has 0 heterocycles. The Morgan fingerprint density at radius 3 is 2.74 bits per heavy atom. The van der Waals surface area contributed by atoms with E-state index in [1.807, 2.05) is 0 Å². The Hall–Kier alpha value is -1.60. The number of carbonyl (C=O) groups is 1. The number of rotatable bonds is 6. The molecule has 1 aliphatic carbocycles. The van der Waals surface area contributed by atoms with Crippen molar-refractivity contribution < 1.29 is 23.0 Å². The number of amides is 1. The summed E-state index contributed by atoms with van der Waals surface area (Å²) < 4.78 is 34.4. The Morgan fingerprint density at radius 1 is 1.43 bits per heavy atom. The predicted octanol–water partition coefficient (Wildman–Crippen LogP) is 2.46. The second-order valence-electron chi connectivity index (χ2n) is 5.34. The topological polar surface area (TPSA) is 73.6 Å². The zero-order chi connectivity index (χ0) is 16.1. The van der Waals surface area contributed by atoms with Gasteiger partial charge in [0.2, 0.25) is 5.91 Å². The highest BCUT2D eigenvalue weighted by molar-refractivity contribution is 5.85. The van der Waals surface area contributed by atoms with Crippen LogP contribution in [0.5, 0.6) is 11.5 Å². The molecule has 2 unspecified atom stereocenters. The van der Waals surface area contributed by atoms with Gasteiger partial charge in [-0.25, -0.2) is 0 Å². The average Bonchev–Trinajstić information content (AvgIpc) is 2.92. The number of nitrogens with one attached hydrogen (secondary N) is 1. The van der Waals surface area contributed by atoms with Gasteiger partial charge in [-0.15, -0.1) is 12.4 Å². The Labute approximate surface area is 139 Å². The molecule has 3 N–H and O–H groups in total. The van der Waals surface area contributed by atoms with Gasteiger partial charge in [-0.2, -0.15) is 8.78 Å². The smallest absolute Gasteiger partial charge is 0.387 e. The standard InChI is InChI=1S/C15H20F2N2O3.ClH/c1-21-12-4-5-13(22-15(16)17)10(7-12)8-19-14(20)9-2-3-11(18)6-9;/h4-5,7,9,11,15H,2-3,6,8,18H2,1H3,(H,19,20);1H. The fourth-order valence-electron chi connectivity index (χ4n) is 2.61. The molecule has 23 heavy (non-hydrogen) atoms. The van der Waals surface area contributed by atoms with Gasteiger partial charge in [-0.3, -0.25) is 4.79 Å². The van der Waals surface area contributed by atoms with Crippen molar-refractivity contribution in [2.45, 2.75) is 38.5 Å². The Balaban J connectivity index is 0.00000264. The van der Waals surface area contributed by atoms with Crippen molar-refractivity contribution in [3.63, 3.8) is 0 Å². The van der Waals surface area contributed by atoms with Crippen LogP contribution in [0.3, 0.4) is 0 Å². The first kappa shape index (κ1) is 19.4. The van der Waals surface area contributed by atoms with Crippen LogP contribution in [0.15, 0.2) is 18.2 Å². The summed E-state index contributed by atoms with van der Waals surface area (Å²) in [6.07, 6.45) is 2.24. The van der Waals surface area contributed by atoms with Crippen molar-refractivity contribution in [2.24, 2.45) is 11.7 Å². The third-order valence-electron chi connectivity index (χ3n) is 3.78. The third-order valence-corrected chi connectivity index (χ3v) is 3.78. The van der Waals surface area contributed by atoms with E-state index in [0.29, 0.717) is 17.7 Å². The van der Waals surface area contributed by atoms with Gasteiger partial charge in [0.15, 0.2) is 0 Å². The Kier molecular flexibility index (Phi) is 7.51. The zero-order valence-electron chi connectivity index (χ0n) is 12.8. The van der Waals surface area contributed by atoms with Crippen LogP contribution in [0.1, 0.15) is 24.8 Å². The summed E-state index contributed by atoms with van der Waals surface area (Å²) in [6, 6.07) is 4.56. The molecule has 0 aromatic heterocycles. The molecule has 1 aromatic carbocycles. The monoisotopic (exact) mass is 350 g/mol. The first-order valence-electron chi connectivity index (χ1n) is 7.14. The molecule has 0 radical (unpaired) electrons. The van der Waals surface area contributed by atoms with Crippen molar-refractivity contribution in [1.82, 2.24) is 5.32 Å². The quantitative estimate of drug-likeness (QED) is 0.826. The summed E-state index contributed by atoms with van der Waals surface area (Å²) in [5, 5.41) is 2.75. The van der Waals surface area contributed by atoms with Crippen molar-refractivity contribution >= 4 is 18.3 Å². The summed E-state index contributed by atoms with van der Waals surface area (Å²) in [5.74, 6) is 0.312. The summed E-state index contributed by atoms with van der Waals surface area (Å²) >= 11 is 0. The van der Waals surface area contributed by atoms with E-state index in [2.05, 4.69) is 10.1 Å². The van der Waals surface area contributed by atoms with Gasteiger partial charge < -0.3 is 20.5 Å². The number of hydrogen-bond acceptors (Lipinski definition) is 4. The summed E-state index contributed by atoms with van der Waals surface area (Å²) in [4.78, 5) is 12.1. The van der Waals surface area contributed by atoms with Gasteiger partial charge in [0.05, 0.1) is 7.11 Å². The highest BCUT2D eigenvalue weighted by atomic mass is 35.5. The highest BCUT2D eigenvalue weighted by Crippen LogP contribution is 2.27. The van der Waals surface area contributed by atoms with Crippen LogP contribution in [0.25, 0.3) is 0 Å². The van der Waals surface area contributed by atoms with E-state index in [1.54, 1.807) is 6.07 Å². The van der Waals surface area contributed by atoms with E-state index >= 15 is 0 Å². The van der Waals surface area contributed by atoms with Crippen LogP contribution in [-0.4, -0.2) is 25.7 Å². The maximum atomic E-state index is 12.4. The first-order valence-corrected chi connectivity index (χ1v) is 7.14. The van der Waals surface area contributed by atoms with Crippen LogP contribution in [0.4, 0.5) is 8.78 Å². The van der Waals surface area contributed by atoms with Crippen molar-refractivity contribution in [2.75, 3.05) is 7.11 Å². The lowest BCUT2D eigenvalue weighted by atomic mass is 10.1. The normalized spacial score (nSPS) is 20.0. The minimum atomic E-state index is -2.92. The minimum Gasteiger partial charge on any atom is -0.497 e. The predicted molar refractivity (Wildman–Crippen MR) is 84.0 cm³/mol. The molecule has 0 saturated heterocycles. The maximum Gasteiger partial charge on any atom is 0.387 e. The molecule has 130 valence electrons. The van der Waals surface area contributed by atoms with Gasteiger partial charge >= 0.3 is 6.61 Å². The SMILES string of the molecule is COc1ccc(OC(F)F)c(CNC(=O)C2CCC(N)C2)c1.Cl. The van der Waals surface area contributed by atoms with E-state index in [0.717, 1.165) is 12.8 Å². The molecule has 1 fully saturated rings. The molecule has 5 nitrogen and oxygen atoms in total. The molecule has 1 aromatic rings. The lowest BCUT2D eigenvalue weighted by Crippen LogP contribution is -2.30. The van der Waals surface area contributed by atoms with E-state index < -0.39 is 6.61 Å². The fourth-order valence-corrected chi connectivity index (χ4v) is 2.61. The number of halogens is 3. The van der Waals surface area contributed by atoms with Crippen LogP contribution in [0.2, 0.25) is 0 Å². The minimum absolute atomic E-state index is 0. The highest BCUT2D eigenvalue weighted by Gasteiger charge is 2.27. The lowest BCUT2D eigenvalue weighted by Gasteiger charge is -2.15. The number of ether oxygens (including phenoxy) is 2. The molecule has 0 aliphatic heterocycles. The van der Waals surface area contributed by atoms with Crippen molar-refractivity contribution in [3.8, 4) is 11.5 Å². The van der Waals surface area contributed by atoms with Crippen LogP contribution < -0.4 is 20.5 Å². The number of benzene rings is 1. The van der Waals surface area contributed by atoms with Gasteiger partial charge in [-0.1, -0.05) is 0 Å². The van der Waals surface area contributed by atoms with Gasteiger partial charge in [0.25, 0.3) is 0 Å². The molecule has 0 bridgehead atoms. The second kappa shape index (κ2) is 8.88. The summed E-state index contributed by atoms with van der Waals surface area (Å²) in [5.41, 5.74) is 6.23. The average molecular weight is 351 g/mol. The van der Waals surface area contributed by atoms with E-state index in [4.69, 9.17) is 10.5 Å². The van der Waals surface area contributed by atoms with Gasteiger partial charge in [0.1, 0.15) is 11.5 Å². The second-order valence-corrected chi connectivity index (χ2v) is 5.34. The van der Waals surface area contributed by atoms with E-state index in [1.165, 1.54) is 19.2 Å². The molecule has 1 aliphatic rings. The number of carbonyl (C=O) groups excluding carboxylic acids is 1. The molecular weight excluding hydrogens is 330 g/mol. The van der Waals surface area contributed by atoms with E-state index in [9.17, 15) is 13.6 Å². The maximum absolute atomic E-state index is 12.4. The zero-order valence-corrected chi connectivity index (χ0v) is 13.6. The van der Waals surface area contributed by atoms with E-state index in [-0.39, 0.29) is 42.6 Å². The van der Waals surface area contributed by atoms with Gasteiger partial charge in [0, 0.05) is 24.1 Å². The molecular formula is C15H21ClF2N2O3. The Bertz CT molecular complexity index is 531. The summed E-state index contributed by atoms with van der Waals surface area (Å²) in [6.45, 7) is -2.82. The lowest BCUT2D eigenvalue weighted by molar-refractivity contribution is -0.125. The van der Waals surface area contributed by atoms with Crippen LogP contribution in [0, 0.1) is 5.92 Å². The number of hydrogen-bond donors (Lipinski definition) is 2. The number of alkyl halides is 2. The molecule has 2 rings (SSSR count). The molecule has 8 heteroatoms. The van der Waals surface area contributed by atoms with Gasteiger partial charge in [-0.05, 0) is 37.5 Å². The number of nitrogens with two attached hydrogens (primary N) is 1. The summed E-state index contributed by atoms with van der Waals surface area (Å²) in [7, 11) is 1.48. The largest absolute Gasteiger partial charge is 0.497 e. The number of methoxy groups -OCH3 is 1. The third kappa shape index (κ3) is 5.51. The van der Waals surface area contributed by atoms with Crippen LogP contribution in [-0.2, 0) is 11.3 Å². The Morgan fingerprint density at radius 2 is 2.17 bits per heavy atom. The van der Waals surface area contributed by atoms with Crippen molar-refractivity contribution in [1.29, 1.82) is 0 Å². The van der Waals surface area contributed by atoms with Crippen LogP contribution >= 0.6 is 12.4 Å². The molecule has 2 atom stereocenters. The van der Waals surface area contributed by atoms with Crippen molar-refractivity contribution in [3.05, 3.63) is 23.8 Å².